The largest absolute Gasteiger partial charge is 0.474 e. The molecule has 0 radical (unpaired) electrons. The van der Waals surface area contributed by atoms with Gasteiger partial charge in [-0.3, -0.25) is 9.48 Å². The van der Waals surface area contributed by atoms with Crippen LogP contribution in [-0.4, -0.2) is 32.8 Å². The molecule has 0 fully saturated rings. The van der Waals surface area contributed by atoms with Crippen LogP contribution in [0.15, 0.2) is 24.5 Å². The Morgan fingerprint density at radius 1 is 1.57 bits per heavy atom. The molecule has 2 aromatic rings. The van der Waals surface area contributed by atoms with Gasteiger partial charge < -0.3 is 15.8 Å². The lowest BCUT2D eigenvalue weighted by molar-refractivity contribution is 0.0860. The van der Waals surface area contributed by atoms with Gasteiger partial charge in [0.1, 0.15) is 23.0 Å². The van der Waals surface area contributed by atoms with Gasteiger partial charge in [0.15, 0.2) is 0 Å². The summed E-state index contributed by atoms with van der Waals surface area (Å²) in [4.78, 5) is 16.5. The molecule has 0 saturated carbocycles. The van der Waals surface area contributed by atoms with Crippen LogP contribution in [-0.2, 0) is 7.05 Å². The molecule has 3 N–H and O–H groups in total. The van der Waals surface area contributed by atoms with Crippen molar-refractivity contribution < 1.29 is 9.53 Å². The monoisotopic (exact) mass is 337 g/mol. The van der Waals surface area contributed by atoms with Crippen LogP contribution in [0.3, 0.4) is 0 Å². The van der Waals surface area contributed by atoms with Gasteiger partial charge in [-0.05, 0) is 25.5 Å². The highest BCUT2D eigenvalue weighted by Gasteiger charge is 2.28. The molecule has 2 heterocycles. The summed E-state index contributed by atoms with van der Waals surface area (Å²) in [6.07, 6.45) is 3.69. The van der Waals surface area contributed by atoms with Gasteiger partial charge in [-0.15, -0.1) is 0 Å². The number of hydrogen-bond donors (Lipinski definition) is 2. The van der Waals surface area contributed by atoms with Crippen molar-refractivity contribution >= 4 is 23.3 Å². The normalized spacial score (nSPS) is 13.4. The molecule has 0 saturated heterocycles. The van der Waals surface area contributed by atoms with Gasteiger partial charge in [0.25, 0.3) is 5.91 Å². The van der Waals surface area contributed by atoms with E-state index in [1.165, 1.54) is 10.9 Å². The lowest BCUT2D eigenvalue weighted by Gasteiger charge is -2.29. The number of anilines is 1. The van der Waals surface area contributed by atoms with Crippen molar-refractivity contribution in [3.05, 3.63) is 35.1 Å². The quantitative estimate of drug-likeness (QED) is 0.841. The highest BCUT2D eigenvalue weighted by Crippen LogP contribution is 2.22. The van der Waals surface area contributed by atoms with Crippen molar-refractivity contribution in [1.29, 1.82) is 0 Å². The highest BCUT2D eigenvalue weighted by molar-refractivity contribution is 6.31. The maximum Gasteiger partial charge on any atom is 0.257 e. The smallest absolute Gasteiger partial charge is 0.257 e. The number of pyridine rings is 1. The third kappa shape index (κ3) is 3.92. The number of aryl methyl sites for hydroxylation is 1. The van der Waals surface area contributed by atoms with E-state index in [2.05, 4.69) is 15.4 Å². The predicted octanol–water partition coefficient (Wildman–Crippen LogP) is 2.03. The number of rotatable bonds is 6. The molecule has 1 atom stereocenters. The van der Waals surface area contributed by atoms with E-state index in [4.69, 9.17) is 22.1 Å². The number of aromatic nitrogens is 3. The Labute approximate surface area is 139 Å². The first-order valence-corrected chi connectivity index (χ1v) is 7.57. The lowest BCUT2D eigenvalue weighted by atomic mass is 9.99. The molecule has 0 bridgehead atoms. The van der Waals surface area contributed by atoms with E-state index < -0.39 is 5.54 Å². The SMILES string of the molecule is CC[C@](C)(COc1ncccc1Cl)NC(=O)c1cnn(C)c1N. The van der Waals surface area contributed by atoms with Gasteiger partial charge in [-0.2, -0.15) is 5.10 Å². The molecule has 8 heteroatoms. The summed E-state index contributed by atoms with van der Waals surface area (Å²) < 4.78 is 7.10. The first-order chi connectivity index (χ1) is 10.9. The van der Waals surface area contributed by atoms with E-state index in [0.29, 0.717) is 28.7 Å². The van der Waals surface area contributed by atoms with E-state index in [1.54, 1.807) is 25.4 Å². The van der Waals surface area contributed by atoms with Crippen LogP contribution < -0.4 is 15.8 Å². The van der Waals surface area contributed by atoms with Crippen LogP contribution in [0.5, 0.6) is 5.88 Å². The Morgan fingerprint density at radius 3 is 2.87 bits per heavy atom. The zero-order valence-corrected chi connectivity index (χ0v) is 14.1. The average Bonchev–Trinajstić information content (AvgIpc) is 2.86. The van der Waals surface area contributed by atoms with Crippen molar-refractivity contribution in [3.8, 4) is 5.88 Å². The summed E-state index contributed by atoms with van der Waals surface area (Å²) in [6.45, 7) is 4.07. The van der Waals surface area contributed by atoms with E-state index in [0.717, 1.165) is 0 Å². The Balaban J connectivity index is 2.07. The summed E-state index contributed by atoms with van der Waals surface area (Å²) in [5, 5.41) is 7.33. The maximum atomic E-state index is 12.4. The number of hydrogen-bond acceptors (Lipinski definition) is 5. The number of nitrogens with two attached hydrogens (primary N) is 1. The van der Waals surface area contributed by atoms with Crippen LogP contribution in [0.25, 0.3) is 0 Å². The number of amides is 1. The summed E-state index contributed by atoms with van der Waals surface area (Å²) in [5.41, 5.74) is 5.57. The minimum absolute atomic E-state index is 0.228. The van der Waals surface area contributed by atoms with Crippen LogP contribution in [0.2, 0.25) is 5.02 Å². The fourth-order valence-corrected chi connectivity index (χ4v) is 2.07. The van der Waals surface area contributed by atoms with Gasteiger partial charge in [-0.25, -0.2) is 4.98 Å². The molecule has 2 aromatic heterocycles. The topological polar surface area (TPSA) is 95.1 Å². The van der Waals surface area contributed by atoms with Crippen LogP contribution >= 0.6 is 11.6 Å². The number of halogens is 1. The molecule has 7 nitrogen and oxygen atoms in total. The minimum Gasteiger partial charge on any atom is -0.474 e. The molecule has 0 aliphatic heterocycles. The molecule has 124 valence electrons. The summed E-state index contributed by atoms with van der Waals surface area (Å²) in [7, 11) is 1.68. The first kappa shape index (κ1) is 17.1. The predicted molar refractivity (Wildman–Crippen MR) is 88.5 cm³/mol. The Kier molecular flexibility index (Phi) is 5.10. The molecule has 0 aromatic carbocycles. The number of nitrogen functional groups attached to an aromatic ring is 1. The Hall–Kier alpha value is -2.28. The number of nitrogens with one attached hydrogen (secondary N) is 1. The molecular weight excluding hydrogens is 318 g/mol. The third-order valence-electron chi connectivity index (χ3n) is 3.68. The summed E-state index contributed by atoms with van der Waals surface area (Å²) in [5.74, 6) is 0.356. The Bertz CT molecular complexity index is 703. The van der Waals surface area contributed by atoms with Gasteiger partial charge in [0.05, 0.1) is 11.7 Å². The molecule has 0 unspecified atom stereocenters. The molecule has 0 aliphatic carbocycles. The van der Waals surface area contributed by atoms with Crippen molar-refractivity contribution in [2.75, 3.05) is 12.3 Å². The molecule has 23 heavy (non-hydrogen) atoms. The van der Waals surface area contributed by atoms with E-state index in [-0.39, 0.29) is 12.5 Å². The van der Waals surface area contributed by atoms with Crippen molar-refractivity contribution in [1.82, 2.24) is 20.1 Å². The molecular formula is C15H20ClN5O2. The first-order valence-electron chi connectivity index (χ1n) is 7.19. The summed E-state index contributed by atoms with van der Waals surface area (Å²) >= 11 is 6.02. The van der Waals surface area contributed by atoms with Crippen molar-refractivity contribution in [2.45, 2.75) is 25.8 Å². The molecule has 2 rings (SSSR count). The van der Waals surface area contributed by atoms with E-state index in [9.17, 15) is 4.79 Å². The fourth-order valence-electron chi connectivity index (χ4n) is 1.89. The lowest BCUT2D eigenvalue weighted by Crippen LogP contribution is -2.50. The number of nitrogens with zero attached hydrogens (tertiary/aromatic N) is 3. The molecule has 1 amide bonds. The fraction of sp³-hybridized carbons (Fsp3) is 0.400. The molecule has 0 aliphatic rings. The van der Waals surface area contributed by atoms with Crippen molar-refractivity contribution in [3.63, 3.8) is 0 Å². The maximum absolute atomic E-state index is 12.4. The zero-order chi connectivity index (χ0) is 17.0. The van der Waals surface area contributed by atoms with Gasteiger partial charge >= 0.3 is 0 Å². The van der Waals surface area contributed by atoms with Crippen LogP contribution in [0, 0.1) is 0 Å². The molecule has 0 spiro atoms. The highest BCUT2D eigenvalue weighted by atomic mass is 35.5. The standard InChI is InChI=1S/C15H20ClN5O2/c1-4-15(2,9-23-14-11(16)6-5-7-18-14)20-13(22)10-8-19-21(3)12(10)17/h5-8H,4,9,17H2,1-3H3,(H,20,22)/t15-/m1/s1. The van der Waals surface area contributed by atoms with E-state index >= 15 is 0 Å². The average molecular weight is 338 g/mol. The number of carbonyl (C=O) groups excluding carboxylic acids is 1. The van der Waals surface area contributed by atoms with E-state index in [1.807, 2.05) is 13.8 Å². The van der Waals surface area contributed by atoms with Crippen molar-refractivity contribution in [2.24, 2.45) is 7.05 Å². The van der Waals surface area contributed by atoms with Gasteiger partial charge in [0, 0.05) is 13.2 Å². The second-order valence-electron chi connectivity index (χ2n) is 5.51. The Morgan fingerprint density at radius 2 is 2.30 bits per heavy atom. The summed E-state index contributed by atoms with van der Waals surface area (Å²) in [6, 6.07) is 3.42. The van der Waals surface area contributed by atoms with Gasteiger partial charge in [0.2, 0.25) is 5.88 Å². The van der Waals surface area contributed by atoms with Crippen LogP contribution in [0.4, 0.5) is 5.82 Å². The second kappa shape index (κ2) is 6.87. The van der Waals surface area contributed by atoms with Crippen LogP contribution in [0.1, 0.15) is 30.6 Å². The second-order valence-corrected chi connectivity index (χ2v) is 5.92. The number of carbonyl (C=O) groups is 1. The van der Waals surface area contributed by atoms with Gasteiger partial charge in [-0.1, -0.05) is 18.5 Å². The third-order valence-corrected chi connectivity index (χ3v) is 3.96. The minimum atomic E-state index is -0.597. The zero-order valence-electron chi connectivity index (χ0n) is 13.3. The number of ether oxygens (including phenoxy) is 1.